The SMILES string of the molecule is CC(C)c1cc(C(C)C)c(P=C2[Si](c3ccccc3)(c3c(C(C)C)cc(C(C)C)cc3C(C)C)C(=Pc3c(C(C)C)cc(C(C)C)cc3C(C)C)[Si]2(c2ccccc2)c2c(C(C)C)cc(C(C)C)cc2C(C)C)c(C(C)C)c1. The van der Waals surface area contributed by atoms with E-state index in [0.717, 1.165) is 0 Å². The summed E-state index contributed by atoms with van der Waals surface area (Å²) in [6, 6.07) is 46.2. The minimum Gasteiger partial charge on any atom is -0.0753 e. The fourth-order valence-corrected chi connectivity index (χ4v) is 41.1. The monoisotopic (exact) mass is 1110 g/mol. The lowest BCUT2D eigenvalue weighted by Crippen LogP contribution is -2.98. The molecule has 0 aliphatic carbocycles. The van der Waals surface area contributed by atoms with Crippen molar-refractivity contribution in [2.75, 3.05) is 0 Å². The fourth-order valence-electron chi connectivity index (χ4n) is 12.8. The van der Waals surface area contributed by atoms with Gasteiger partial charge in [0.1, 0.15) is 0 Å². The van der Waals surface area contributed by atoms with E-state index < -0.39 is 16.1 Å². The van der Waals surface area contributed by atoms with Crippen LogP contribution in [0.25, 0.3) is 0 Å². The topological polar surface area (TPSA) is 0 Å². The predicted octanol–water partition coefficient (Wildman–Crippen LogP) is 19.1. The summed E-state index contributed by atoms with van der Waals surface area (Å²) in [7, 11) is -3.71. The van der Waals surface area contributed by atoms with Gasteiger partial charge in [0.05, 0.1) is 0 Å². The molecule has 0 bridgehead atoms. The molecule has 7 rings (SSSR count). The van der Waals surface area contributed by atoms with Gasteiger partial charge in [-0.15, -0.1) is 0 Å². The summed E-state index contributed by atoms with van der Waals surface area (Å²) < 4.78 is 3.74. The van der Waals surface area contributed by atoms with Gasteiger partial charge in [-0.1, -0.05) is 292 Å². The van der Waals surface area contributed by atoms with E-state index in [1.165, 1.54) is 60.9 Å². The Bertz CT molecular complexity index is 2800. The van der Waals surface area contributed by atoms with E-state index in [-0.39, 0.29) is 0 Å². The second-order valence-electron chi connectivity index (χ2n) is 27.3. The van der Waals surface area contributed by atoms with Crippen molar-refractivity contribution in [1.82, 2.24) is 0 Å². The lowest BCUT2D eigenvalue weighted by Gasteiger charge is -2.61. The van der Waals surface area contributed by atoms with Crippen LogP contribution in [-0.4, -0.2) is 25.2 Å². The minimum absolute atomic E-state index is 0.321. The van der Waals surface area contributed by atoms with Crippen LogP contribution in [0, 0.1) is 0 Å². The Balaban J connectivity index is 2.03. The summed E-state index contributed by atoms with van der Waals surface area (Å²) in [5.74, 6) is 4.42. The third kappa shape index (κ3) is 11.2. The van der Waals surface area contributed by atoms with Gasteiger partial charge in [-0.05, 0) is 168 Å². The van der Waals surface area contributed by atoms with Crippen molar-refractivity contribution in [2.24, 2.45) is 0 Å². The van der Waals surface area contributed by atoms with Crippen molar-refractivity contribution in [3.63, 3.8) is 0 Å². The molecule has 0 N–H and O–H groups in total. The quantitative estimate of drug-likeness (QED) is 0.0594. The van der Waals surface area contributed by atoms with Crippen LogP contribution < -0.4 is 31.4 Å². The second kappa shape index (κ2) is 24.7. The smallest absolute Gasteiger partial charge is 0.0753 e. The van der Waals surface area contributed by atoms with Gasteiger partial charge >= 0.3 is 0 Å². The minimum atomic E-state index is -3.27. The molecule has 1 aliphatic rings. The molecule has 4 heteroatoms. The van der Waals surface area contributed by atoms with E-state index in [0.29, 0.717) is 71.0 Å². The van der Waals surface area contributed by atoms with Crippen molar-refractivity contribution < 1.29 is 0 Å². The zero-order valence-electron chi connectivity index (χ0n) is 53.2. The first kappa shape index (κ1) is 61.7. The zero-order valence-corrected chi connectivity index (χ0v) is 57.0. The Morgan fingerprint density at radius 1 is 0.244 bits per heavy atom. The summed E-state index contributed by atoms with van der Waals surface area (Å²) in [6.07, 6.45) is 0. The maximum absolute atomic E-state index is 3.27. The maximum Gasteiger partial charge on any atom is 0.175 e. The highest BCUT2D eigenvalue weighted by atomic mass is 31.1. The summed E-state index contributed by atoms with van der Waals surface area (Å²) in [5, 5.41) is 9.70. The molecule has 6 aromatic carbocycles. The third-order valence-corrected chi connectivity index (χ3v) is 37.2. The molecule has 0 atom stereocenters. The van der Waals surface area contributed by atoms with Gasteiger partial charge in [0, 0.05) is 10.6 Å². The Hall–Kier alpha value is -3.91. The van der Waals surface area contributed by atoms with E-state index in [4.69, 9.17) is 0 Å². The lowest BCUT2D eigenvalue weighted by molar-refractivity contribution is 0.812. The van der Waals surface area contributed by atoms with Gasteiger partial charge in [0.15, 0.2) is 16.1 Å². The molecule has 1 aliphatic heterocycles. The summed E-state index contributed by atoms with van der Waals surface area (Å²) >= 11 is 0. The first-order valence-electron chi connectivity index (χ1n) is 30.7. The molecule has 0 radical (unpaired) electrons. The Morgan fingerprint density at radius 3 is 0.615 bits per heavy atom. The third-order valence-electron chi connectivity index (χ3n) is 17.5. The molecule has 78 heavy (non-hydrogen) atoms. The van der Waals surface area contributed by atoms with Crippen LogP contribution in [0.4, 0.5) is 0 Å². The molecule has 0 amide bonds. The van der Waals surface area contributed by atoms with Gasteiger partial charge in [0.25, 0.3) is 0 Å². The highest BCUT2D eigenvalue weighted by Gasteiger charge is 2.72. The van der Waals surface area contributed by atoms with Crippen LogP contribution in [0.2, 0.25) is 0 Å². The maximum atomic E-state index is 2.71. The van der Waals surface area contributed by atoms with Crippen LogP contribution in [0.5, 0.6) is 0 Å². The molecular weight excluding hydrogens is 1010 g/mol. The second-order valence-corrected chi connectivity index (χ2v) is 39.3. The molecule has 0 unspecified atom stereocenters. The standard InChI is InChI=1S/C74H102P2Si2/c1-43(2)55-35-61(47(9)10)69(62(36-55)48(11)12)75-73-77(59-31-27-25-28-32-59,71-65(51(17)18)39-57(45(5)6)40-66(71)52(19)20)74(76-70-63(49(13)14)37-56(44(3)4)38-64(70)50(15)16)78(73,60-33-29-26-30-34-60)72-67(53(21)22)41-58(46(7)8)42-68(72)54(23)24/h25-54H,1-24H3. The molecule has 0 aromatic heterocycles. The van der Waals surface area contributed by atoms with Crippen LogP contribution in [0.1, 0.15) is 304 Å². The van der Waals surface area contributed by atoms with Crippen molar-refractivity contribution in [3.05, 3.63) is 176 Å². The Kier molecular flexibility index (Phi) is 19.5. The van der Waals surface area contributed by atoms with E-state index in [2.05, 4.69) is 275 Å². The Labute approximate surface area is 483 Å². The highest BCUT2D eigenvalue weighted by Crippen LogP contribution is 2.47. The molecule has 1 heterocycles. The highest BCUT2D eigenvalue weighted by molar-refractivity contribution is 8.00. The van der Waals surface area contributed by atoms with Crippen molar-refractivity contribution in [3.8, 4) is 0 Å². The summed E-state index contributed by atoms with van der Waals surface area (Å²) in [4.78, 5) is 0. The van der Waals surface area contributed by atoms with E-state index in [9.17, 15) is 0 Å². The van der Waals surface area contributed by atoms with E-state index in [1.54, 1.807) is 53.6 Å². The van der Waals surface area contributed by atoms with Gasteiger partial charge < -0.3 is 0 Å². The first-order valence-corrected chi connectivity index (χ1v) is 36.4. The Morgan fingerprint density at radius 2 is 0.436 bits per heavy atom. The van der Waals surface area contributed by atoms with Gasteiger partial charge in [0.2, 0.25) is 0 Å². The summed E-state index contributed by atoms with van der Waals surface area (Å²) in [5.41, 5.74) is 18.3. The number of benzene rings is 6. The molecule has 1 saturated heterocycles. The summed E-state index contributed by atoms with van der Waals surface area (Å²) in [6.45, 7) is 59.2. The first-order chi connectivity index (χ1) is 36.6. The van der Waals surface area contributed by atoms with Crippen LogP contribution in [0.15, 0.2) is 109 Å². The van der Waals surface area contributed by atoms with Gasteiger partial charge in [-0.25, -0.2) is 0 Å². The van der Waals surface area contributed by atoms with Crippen molar-refractivity contribution in [2.45, 2.75) is 237 Å². The van der Waals surface area contributed by atoms with Crippen LogP contribution in [0.3, 0.4) is 0 Å². The van der Waals surface area contributed by atoms with E-state index >= 15 is 0 Å². The number of hydrogen-bond donors (Lipinski definition) is 0. The van der Waals surface area contributed by atoms with Crippen LogP contribution in [-0.2, 0) is 0 Å². The molecule has 0 nitrogen and oxygen atoms in total. The normalized spacial score (nSPS) is 17.3. The zero-order chi connectivity index (χ0) is 57.6. The lowest BCUT2D eigenvalue weighted by atomic mass is 9.89. The van der Waals surface area contributed by atoms with Crippen molar-refractivity contribution >= 4 is 73.0 Å². The molecular formula is C74H102P2Si2. The number of hydrogen-bond acceptors (Lipinski definition) is 0. The number of rotatable bonds is 18. The molecule has 0 saturated carbocycles. The van der Waals surface area contributed by atoms with Crippen LogP contribution >= 0.6 is 16.4 Å². The average Bonchev–Trinajstić information content (AvgIpc) is 3.37. The fraction of sp³-hybridized carbons (Fsp3) is 0.486. The molecule has 416 valence electrons. The van der Waals surface area contributed by atoms with Gasteiger partial charge in [-0.3, -0.25) is 0 Å². The van der Waals surface area contributed by atoms with E-state index in [1.807, 2.05) is 9.08 Å². The average molecular weight is 1110 g/mol. The molecule has 1 fully saturated rings. The van der Waals surface area contributed by atoms with Gasteiger partial charge in [-0.2, -0.15) is 0 Å². The molecule has 0 spiro atoms. The van der Waals surface area contributed by atoms with Crippen molar-refractivity contribution in [1.29, 1.82) is 0 Å². The predicted molar refractivity (Wildman–Crippen MR) is 361 cm³/mol. The molecule has 6 aromatic rings. The largest absolute Gasteiger partial charge is 0.175 e.